The molecule has 0 unspecified atom stereocenters. The number of benzene rings is 2. The van der Waals surface area contributed by atoms with Crippen molar-refractivity contribution in [3.05, 3.63) is 61.7 Å². The van der Waals surface area contributed by atoms with Crippen LogP contribution in [0.2, 0.25) is 5.02 Å². The van der Waals surface area contributed by atoms with Crippen LogP contribution in [0.4, 0.5) is 11.4 Å². The number of nitro benzene ring substituents is 1. The maximum Gasteiger partial charge on any atom is 0.294 e. The van der Waals surface area contributed by atoms with Crippen LogP contribution in [0.25, 0.3) is 0 Å². The molecule has 0 atom stereocenters. The first-order valence-electron chi connectivity index (χ1n) is 7.64. The van der Waals surface area contributed by atoms with E-state index in [4.69, 9.17) is 11.6 Å². The minimum absolute atomic E-state index is 0.147. The van der Waals surface area contributed by atoms with E-state index >= 15 is 0 Å². The number of nitrogens with zero attached hydrogens (tertiary/aromatic N) is 1. The van der Waals surface area contributed by atoms with Gasteiger partial charge >= 0.3 is 0 Å². The Kier molecular flexibility index (Phi) is 6.08. The fourth-order valence-electron chi connectivity index (χ4n) is 2.48. The molecule has 7 heteroatoms. The van der Waals surface area contributed by atoms with Gasteiger partial charge in [-0.3, -0.25) is 14.9 Å². The minimum atomic E-state index is -0.563. The summed E-state index contributed by atoms with van der Waals surface area (Å²) in [5, 5.41) is 13.9. The van der Waals surface area contributed by atoms with Crippen LogP contribution >= 0.6 is 23.4 Å². The molecular formula is C18H19ClN2O3S. The second kappa shape index (κ2) is 7.89. The van der Waals surface area contributed by atoms with Crippen LogP contribution in [0.5, 0.6) is 0 Å². The van der Waals surface area contributed by atoms with E-state index < -0.39 is 4.92 Å². The quantitative estimate of drug-likeness (QED) is 0.440. The fraction of sp³-hybridized carbons (Fsp3) is 0.278. The summed E-state index contributed by atoms with van der Waals surface area (Å²) >= 11 is 7.22. The Balaban J connectivity index is 2.14. The molecule has 0 bridgehead atoms. The van der Waals surface area contributed by atoms with Gasteiger partial charge in [-0.15, -0.1) is 11.8 Å². The Labute approximate surface area is 155 Å². The zero-order valence-corrected chi connectivity index (χ0v) is 16.0. The molecule has 2 rings (SSSR count). The van der Waals surface area contributed by atoms with Gasteiger partial charge in [0.25, 0.3) is 5.69 Å². The lowest BCUT2D eigenvalue weighted by Gasteiger charge is -2.14. The number of thioether (sulfide) groups is 1. The summed E-state index contributed by atoms with van der Waals surface area (Å²) in [4.78, 5) is 23.9. The Morgan fingerprint density at radius 3 is 2.32 bits per heavy atom. The Bertz CT molecular complexity index is 826. The van der Waals surface area contributed by atoms with E-state index in [0.29, 0.717) is 0 Å². The van der Waals surface area contributed by atoms with E-state index in [1.54, 1.807) is 0 Å². The summed E-state index contributed by atoms with van der Waals surface area (Å²) in [7, 11) is 0. The average Bonchev–Trinajstić information content (AvgIpc) is 2.54. The molecule has 2 aromatic carbocycles. The number of hydrogen-bond acceptors (Lipinski definition) is 4. The van der Waals surface area contributed by atoms with Crippen LogP contribution in [0.3, 0.4) is 0 Å². The second-order valence-electron chi connectivity index (χ2n) is 5.84. The number of anilines is 1. The highest BCUT2D eigenvalue weighted by atomic mass is 35.5. The van der Waals surface area contributed by atoms with E-state index in [1.807, 2.05) is 27.7 Å². The van der Waals surface area contributed by atoms with Crippen molar-refractivity contribution in [3.8, 4) is 0 Å². The molecule has 0 saturated carbocycles. The highest BCUT2D eigenvalue weighted by molar-refractivity contribution is 8.00. The first-order chi connectivity index (χ1) is 11.7. The molecule has 0 aliphatic rings. The Hall–Kier alpha value is -2.05. The lowest BCUT2D eigenvalue weighted by atomic mass is 10.0. The van der Waals surface area contributed by atoms with Crippen molar-refractivity contribution in [3.63, 3.8) is 0 Å². The number of amides is 1. The smallest absolute Gasteiger partial charge is 0.294 e. The van der Waals surface area contributed by atoms with Gasteiger partial charge in [0, 0.05) is 16.0 Å². The van der Waals surface area contributed by atoms with Gasteiger partial charge in [0.2, 0.25) is 5.91 Å². The molecular weight excluding hydrogens is 360 g/mol. The van der Waals surface area contributed by atoms with Gasteiger partial charge in [0.15, 0.2) is 0 Å². The van der Waals surface area contributed by atoms with E-state index in [2.05, 4.69) is 11.4 Å². The highest BCUT2D eigenvalue weighted by Crippen LogP contribution is 2.32. The Morgan fingerprint density at radius 1 is 1.16 bits per heavy atom. The largest absolute Gasteiger partial charge is 0.320 e. The Morgan fingerprint density at radius 2 is 1.76 bits per heavy atom. The van der Waals surface area contributed by atoms with Gasteiger partial charge in [-0.1, -0.05) is 17.7 Å². The van der Waals surface area contributed by atoms with Crippen molar-refractivity contribution in [1.82, 2.24) is 0 Å². The molecule has 0 spiro atoms. The first kappa shape index (κ1) is 19.3. The number of aryl methyl sites for hydroxylation is 2. The van der Waals surface area contributed by atoms with Crippen molar-refractivity contribution >= 4 is 40.6 Å². The van der Waals surface area contributed by atoms with Gasteiger partial charge in [0.1, 0.15) is 5.69 Å². The van der Waals surface area contributed by atoms with Crippen molar-refractivity contribution in [2.75, 3.05) is 11.1 Å². The van der Waals surface area contributed by atoms with Gasteiger partial charge in [-0.2, -0.15) is 0 Å². The lowest BCUT2D eigenvalue weighted by Crippen LogP contribution is -2.15. The predicted molar refractivity (Wildman–Crippen MR) is 103 cm³/mol. The topological polar surface area (TPSA) is 72.2 Å². The summed E-state index contributed by atoms with van der Waals surface area (Å²) in [5.41, 5.74) is 4.59. The van der Waals surface area contributed by atoms with Gasteiger partial charge in [0.05, 0.1) is 10.7 Å². The van der Waals surface area contributed by atoms with Crippen molar-refractivity contribution < 1.29 is 9.72 Å². The molecule has 0 saturated heterocycles. The maximum absolute atomic E-state index is 12.3. The third kappa shape index (κ3) is 4.52. The summed E-state index contributed by atoms with van der Waals surface area (Å²) in [6, 6.07) is 6.31. The third-order valence-electron chi connectivity index (χ3n) is 4.08. The SMILES string of the molecule is Cc1cc(C)c(C)c(SCC(=O)Nc2ccc(Cl)cc2[N+](=O)[O-])c1C. The molecule has 0 heterocycles. The predicted octanol–water partition coefficient (Wildman–Crippen LogP) is 5.21. The van der Waals surface area contributed by atoms with Crippen LogP contribution < -0.4 is 5.32 Å². The monoisotopic (exact) mass is 378 g/mol. The van der Waals surface area contributed by atoms with E-state index in [0.717, 1.165) is 16.0 Å². The number of rotatable bonds is 5. The molecule has 1 amide bonds. The first-order valence-corrected chi connectivity index (χ1v) is 9.01. The second-order valence-corrected chi connectivity index (χ2v) is 7.27. The molecule has 0 radical (unpaired) electrons. The highest BCUT2D eigenvalue weighted by Gasteiger charge is 2.17. The van der Waals surface area contributed by atoms with Gasteiger partial charge in [-0.05, 0) is 62.1 Å². The summed E-state index contributed by atoms with van der Waals surface area (Å²) < 4.78 is 0. The standard InChI is InChI=1S/C18H19ClN2O3S/c1-10-7-11(2)13(4)18(12(10)3)25-9-17(22)20-15-6-5-14(19)8-16(15)21(23)24/h5-8H,9H2,1-4H3,(H,20,22). The van der Waals surface area contributed by atoms with Crippen LogP contribution in [-0.2, 0) is 4.79 Å². The maximum atomic E-state index is 12.3. The van der Waals surface area contributed by atoms with Crippen molar-refractivity contribution in [2.45, 2.75) is 32.6 Å². The number of nitrogens with one attached hydrogen (secondary N) is 1. The molecule has 1 N–H and O–H groups in total. The van der Waals surface area contributed by atoms with E-state index in [1.165, 1.54) is 41.1 Å². The molecule has 0 aromatic heterocycles. The molecule has 2 aromatic rings. The van der Waals surface area contributed by atoms with Gasteiger partial charge in [-0.25, -0.2) is 0 Å². The van der Waals surface area contributed by atoms with E-state index in [9.17, 15) is 14.9 Å². The lowest BCUT2D eigenvalue weighted by molar-refractivity contribution is -0.383. The average molecular weight is 379 g/mol. The summed E-state index contributed by atoms with van der Waals surface area (Å²) in [6.45, 7) is 8.16. The van der Waals surface area contributed by atoms with Crippen LogP contribution in [-0.4, -0.2) is 16.6 Å². The van der Waals surface area contributed by atoms with Crippen LogP contribution in [0, 0.1) is 37.8 Å². The number of hydrogen-bond donors (Lipinski definition) is 1. The third-order valence-corrected chi connectivity index (χ3v) is 5.62. The summed E-state index contributed by atoms with van der Waals surface area (Å²) in [6.07, 6.45) is 0. The van der Waals surface area contributed by atoms with Crippen molar-refractivity contribution in [2.24, 2.45) is 0 Å². The number of carbonyl (C=O) groups is 1. The fourth-order valence-corrected chi connectivity index (χ4v) is 3.75. The normalized spacial score (nSPS) is 10.6. The summed E-state index contributed by atoms with van der Waals surface area (Å²) in [5.74, 6) is -0.127. The number of halogens is 1. The number of carbonyl (C=O) groups excluding carboxylic acids is 1. The molecule has 5 nitrogen and oxygen atoms in total. The molecule has 0 fully saturated rings. The molecule has 132 valence electrons. The van der Waals surface area contributed by atoms with E-state index in [-0.39, 0.29) is 28.1 Å². The number of nitro groups is 1. The molecule has 0 aliphatic heterocycles. The van der Waals surface area contributed by atoms with Crippen molar-refractivity contribution in [1.29, 1.82) is 0 Å². The van der Waals surface area contributed by atoms with Crippen LogP contribution in [0.1, 0.15) is 22.3 Å². The zero-order chi connectivity index (χ0) is 18.7. The van der Waals surface area contributed by atoms with Crippen LogP contribution in [0.15, 0.2) is 29.2 Å². The van der Waals surface area contributed by atoms with Gasteiger partial charge < -0.3 is 5.32 Å². The minimum Gasteiger partial charge on any atom is -0.320 e. The molecule has 25 heavy (non-hydrogen) atoms. The zero-order valence-electron chi connectivity index (χ0n) is 14.5. The molecule has 0 aliphatic carbocycles.